The van der Waals surface area contributed by atoms with Crippen molar-refractivity contribution in [3.05, 3.63) is 0 Å². The van der Waals surface area contributed by atoms with Gasteiger partial charge in [-0.05, 0) is 6.42 Å². The first-order chi connectivity index (χ1) is 14.5. The van der Waals surface area contributed by atoms with E-state index in [9.17, 15) is 17.8 Å². The molecule has 0 aromatic heterocycles. The Bertz CT molecular complexity index is 501. The van der Waals surface area contributed by atoms with Gasteiger partial charge in [0.05, 0.1) is 41.2 Å². The molecule has 0 N–H and O–H groups in total. The van der Waals surface area contributed by atoms with Crippen molar-refractivity contribution in [1.29, 1.82) is 0 Å². The van der Waals surface area contributed by atoms with Crippen LogP contribution in [0, 0.1) is 0 Å². The molecule has 0 radical (unpaired) electrons. The average Bonchev–Trinajstić information content (AvgIpc) is 2.68. The van der Waals surface area contributed by atoms with Gasteiger partial charge in [0.25, 0.3) is 0 Å². The second kappa shape index (κ2) is 21.4. The third-order valence-corrected chi connectivity index (χ3v) is 5.73. The molecule has 0 bridgehead atoms. The SMILES string of the molecule is CCCCCCCCCCCCCCCCCC(=O)CC[N+](C)(C)C.COS(=O)(=O)[O-]. The standard InChI is InChI=1S/C23H48NO.CH4O4S/c1-5-6-7-8-9-10-11-12-13-14-15-16-17-18-19-20-23(25)21-22-24(2,3)4;1-5-6(2,3)4/h5-22H2,1-4H3;1H3,(H,2,3,4)/q+1;/p-1. The van der Waals surface area contributed by atoms with Crippen LogP contribution in [0.5, 0.6) is 0 Å². The summed E-state index contributed by atoms with van der Waals surface area (Å²) in [4.78, 5) is 11.8. The highest BCUT2D eigenvalue weighted by molar-refractivity contribution is 7.80. The molecule has 0 aromatic rings. The van der Waals surface area contributed by atoms with E-state index in [-0.39, 0.29) is 0 Å². The Balaban J connectivity index is 0. The number of hydrogen-bond acceptors (Lipinski definition) is 5. The van der Waals surface area contributed by atoms with Crippen LogP contribution in [0.25, 0.3) is 0 Å². The summed E-state index contributed by atoms with van der Waals surface area (Å²) in [6, 6.07) is 0. The minimum Gasteiger partial charge on any atom is -0.726 e. The smallest absolute Gasteiger partial charge is 0.217 e. The van der Waals surface area contributed by atoms with E-state index in [1.54, 1.807) is 0 Å². The van der Waals surface area contributed by atoms with Crippen LogP contribution in [0.1, 0.15) is 116 Å². The molecule has 0 heterocycles. The van der Waals surface area contributed by atoms with Crippen LogP contribution in [0.3, 0.4) is 0 Å². The molecule has 6 nitrogen and oxygen atoms in total. The predicted molar refractivity (Wildman–Crippen MR) is 129 cm³/mol. The predicted octanol–water partition coefficient (Wildman–Crippen LogP) is 6.01. The van der Waals surface area contributed by atoms with Gasteiger partial charge < -0.3 is 9.04 Å². The zero-order valence-corrected chi connectivity index (χ0v) is 21.9. The zero-order valence-electron chi connectivity index (χ0n) is 21.1. The van der Waals surface area contributed by atoms with Crippen molar-refractivity contribution in [2.75, 3.05) is 34.8 Å². The second-order valence-electron chi connectivity index (χ2n) is 9.58. The number of quaternary nitrogens is 1. The van der Waals surface area contributed by atoms with E-state index in [1.807, 2.05) is 0 Å². The molecule has 31 heavy (non-hydrogen) atoms. The maximum absolute atomic E-state index is 11.8. The number of nitrogens with zero attached hydrogens (tertiary/aromatic N) is 1. The summed E-state index contributed by atoms with van der Waals surface area (Å²) in [5, 5.41) is 0. The van der Waals surface area contributed by atoms with E-state index in [0.717, 1.165) is 37.4 Å². The summed E-state index contributed by atoms with van der Waals surface area (Å²) in [5.74, 6) is 0.461. The highest BCUT2D eigenvalue weighted by Crippen LogP contribution is 2.14. The molecule has 0 saturated heterocycles. The van der Waals surface area contributed by atoms with Crippen molar-refractivity contribution < 1.29 is 26.4 Å². The lowest BCUT2D eigenvalue weighted by atomic mass is 10.0. The first-order valence-electron chi connectivity index (χ1n) is 12.4. The first-order valence-corrected chi connectivity index (χ1v) is 13.7. The molecule has 0 aliphatic rings. The van der Waals surface area contributed by atoms with Gasteiger partial charge in [0.1, 0.15) is 5.78 Å². The van der Waals surface area contributed by atoms with Crippen LogP contribution in [0.2, 0.25) is 0 Å². The summed E-state index contributed by atoms with van der Waals surface area (Å²) in [5.41, 5.74) is 0. The molecule has 188 valence electrons. The largest absolute Gasteiger partial charge is 0.726 e. The molecule has 0 unspecified atom stereocenters. The molecule has 0 rings (SSSR count). The maximum Gasteiger partial charge on any atom is 0.217 e. The van der Waals surface area contributed by atoms with Crippen molar-refractivity contribution in [3.63, 3.8) is 0 Å². The summed E-state index contributed by atoms with van der Waals surface area (Å²) in [6.07, 6.45) is 22.3. The fourth-order valence-corrected chi connectivity index (χ4v) is 3.28. The van der Waals surface area contributed by atoms with Crippen LogP contribution in [0.15, 0.2) is 0 Å². The molecular formula is C24H51NO5S. The number of carbonyl (C=O) groups is 1. The van der Waals surface area contributed by atoms with Crippen LogP contribution < -0.4 is 0 Å². The molecule has 0 aliphatic heterocycles. The molecule has 0 atom stereocenters. The number of unbranched alkanes of at least 4 members (excludes halogenated alkanes) is 14. The molecule has 0 amide bonds. The average molecular weight is 466 g/mol. The van der Waals surface area contributed by atoms with Crippen molar-refractivity contribution in [1.82, 2.24) is 0 Å². The summed E-state index contributed by atoms with van der Waals surface area (Å²) in [6.45, 7) is 3.25. The van der Waals surface area contributed by atoms with E-state index >= 15 is 0 Å². The summed E-state index contributed by atoms with van der Waals surface area (Å²) < 4.78 is 31.9. The van der Waals surface area contributed by atoms with E-state index < -0.39 is 10.4 Å². The van der Waals surface area contributed by atoms with Gasteiger partial charge in [0, 0.05) is 6.42 Å². The highest BCUT2D eigenvalue weighted by atomic mass is 32.3. The molecule has 0 saturated carbocycles. The third kappa shape index (κ3) is 34.3. The van der Waals surface area contributed by atoms with Gasteiger partial charge in [-0.15, -0.1) is 0 Å². The normalized spacial score (nSPS) is 11.8. The van der Waals surface area contributed by atoms with E-state index in [2.05, 4.69) is 32.2 Å². The minimum atomic E-state index is -4.41. The van der Waals surface area contributed by atoms with Crippen LogP contribution >= 0.6 is 0 Å². The van der Waals surface area contributed by atoms with Crippen molar-refractivity contribution in [2.24, 2.45) is 0 Å². The van der Waals surface area contributed by atoms with Gasteiger partial charge in [-0.1, -0.05) is 96.8 Å². The zero-order chi connectivity index (χ0) is 24.0. The Labute approximate surface area is 193 Å². The molecule has 0 fully saturated rings. The number of ketones is 1. The molecule has 7 heteroatoms. The third-order valence-electron chi connectivity index (χ3n) is 5.32. The van der Waals surface area contributed by atoms with Gasteiger partial charge in [0.2, 0.25) is 10.4 Å². The maximum atomic E-state index is 11.8. The second-order valence-corrected chi connectivity index (χ2v) is 10.7. The molecule has 0 spiro atoms. The minimum absolute atomic E-state index is 0.461. The van der Waals surface area contributed by atoms with Crippen molar-refractivity contribution in [2.45, 2.75) is 116 Å². The quantitative estimate of drug-likeness (QED) is 0.0952. The van der Waals surface area contributed by atoms with Crippen LogP contribution in [-0.4, -0.2) is 58.0 Å². The fraction of sp³-hybridized carbons (Fsp3) is 0.958. The van der Waals surface area contributed by atoms with Gasteiger partial charge in [-0.2, -0.15) is 0 Å². The molecular weight excluding hydrogens is 414 g/mol. The van der Waals surface area contributed by atoms with Crippen molar-refractivity contribution >= 4 is 16.2 Å². The first kappa shape index (κ1) is 32.7. The van der Waals surface area contributed by atoms with Crippen LogP contribution in [-0.2, 0) is 19.4 Å². The summed E-state index contributed by atoms with van der Waals surface area (Å²) in [7, 11) is 2.86. The lowest BCUT2D eigenvalue weighted by Gasteiger charge is -2.23. The van der Waals surface area contributed by atoms with Gasteiger partial charge in [-0.25, -0.2) is 8.42 Å². The number of rotatable bonds is 20. The summed E-state index contributed by atoms with van der Waals surface area (Å²) >= 11 is 0. The Kier molecular flexibility index (Phi) is 22.5. The van der Waals surface area contributed by atoms with Gasteiger partial charge >= 0.3 is 0 Å². The van der Waals surface area contributed by atoms with E-state index in [1.165, 1.54) is 89.9 Å². The van der Waals surface area contributed by atoms with Gasteiger partial charge in [0.15, 0.2) is 0 Å². The van der Waals surface area contributed by atoms with Gasteiger partial charge in [-0.3, -0.25) is 8.98 Å². The fourth-order valence-electron chi connectivity index (χ4n) is 3.28. The Morgan fingerprint density at radius 1 is 0.710 bits per heavy atom. The lowest BCUT2D eigenvalue weighted by Crippen LogP contribution is -2.36. The van der Waals surface area contributed by atoms with Crippen LogP contribution in [0.4, 0.5) is 0 Å². The van der Waals surface area contributed by atoms with Crippen molar-refractivity contribution in [3.8, 4) is 0 Å². The van der Waals surface area contributed by atoms with E-state index in [4.69, 9.17) is 0 Å². The Morgan fingerprint density at radius 3 is 1.32 bits per heavy atom. The Morgan fingerprint density at radius 2 is 1.03 bits per heavy atom. The number of Topliss-reactive ketones (excluding diaryl/α,β-unsaturated/α-hetero) is 1. The Hall–Kier alpha value is -0.500. The molecule has 0 aromatic carbocycles. The molecule has 0 aliphatic carbocycles. The van der Waals surface area contributed by atoms with E-state index in [0.29, 0.717) is 5.78 Å². The topological polar surface area (TPSA) is 83.5 Å². The number of carbonyl (C=O) groups excluding carboxylic acids is 1. The number of hydrogen-bond donors (Lipinski definition) is 0. The monoisotopic (exact) mass is 465 g/mol. The highest BCUT2D eigenvalue weighted by Gasteiger charge is 2.10. The lowest BCUT2D eigenvalue weighted by molar-refractivity contribution is -0.869.